The molecular weight excluding hydrogens is 256 g/mol. The maximum atomic E-state index is 5.94. The van der Waals surface area contributed by atoms with Gasteiger partial charge in [0.2, 0.25) is 0 Å². The van der Waals surface area contributed by atoms with Crippen molar-refractivity contribution in [1.82, 2.24) is 9.55 Å². The zero-order valence-electron chi connectivity index (χ0n) is 11.7. The molecule has 1 aromatic carbocycles. The van der Waals surface area contributed by atoms with Crippen LogP contribution in [0.1, 0.15) is 43.6 Å². The fourth-order valence-electron chi connectivity index (χ4n) is 3.12. The van der Waals surface area contributed by atoms with E-state index in [1.54, 1.807) is 0 Å². The number of hydrogen-bond acceptors (Lipinski definition) is 1. The van der Waals surface area contributed by atoms with Gasteiger partial charge in [-0.3, -0.25) is 0 Å². The van der Waals surface area contributed by atoms with Gasteiger partial charge in [-0.2, -0.15) is 0 Å². The van der Waals surface area contributed by atoms with E-state index in [9.17, 15) is 0 Å². The first-order valence-electron chi connectivity index (χ1n) is 7.28. The highest BCUT2D eigenvalue weighted by Crippen LogP contribution is 2.48. The second kappa shape index (κ2) is 5.16. The summed E-state index contributed by atoms with van der Waals surface area (Å²) in [5.41, 5.74) is 3.69. The Morgan fingerprint density at radius 3 is 3.00 bits per heavy atom. The van der Waals surface area contributed by atoms with Crippen molar-refractivity contribution in [3.63, 3.8) is 0 Å². The number of imidazole rings is 1. The van der Waals surface area contributed by atoms with Crippen LogP contribution in [0.5, 0.6) is 0 Å². The number of halogens is 1. The molecular formula is C16H21ClN2. The molecule has 1 aliphatic carbocycles. The fraction of sp³-hybridized carbons (Fsp3) is 0.562. The second-order valence-electron chi connectivity index (χ2n) is 5.68. The van der Waals surface area contributed by atoms with Crippen molar-refractivity contribution in [2.75, 3.05) is 5.88 Å². The molecule has 0 saturated heterocycles. The van der Waals surface area contributed by atoms with Gasteiger partial charge in [-0.15, -0.1) is 11.6 Å². The van der Waals surface area contributed by atoms with Gasteiger partial charge in [0, 0.05) is 18.3 Å². The minimum absolute atomic E-state index is 0.646. The quantitative estimate of drug-likeness (QED) is 0.736. The van der Waals surface area contributed by atoms with Crippen LogP contribution in [0.2, 0.25) is 0 Å². The van der Waals surface area contributed by atoms with Gasteiger partial charge in [0.25, 0.3) is 0 Å². The highest BCUT2D eigenvalue weighted by molar-refractivity contribution is 6.17. The molecule has 0 N–H and O–H groups in total. The van der Waals surface area contributed by atoms with Gasteiger partial charge in [-0.1, -0.05) is 19.4 Å². The third-order valence-corrected chi connectivity index (χ3v) is 4.30. The smallest absolute Gasteiger partial charge is 0.111 e. The topological polar surface area (TPSA) is 17.8 Å². The van der Waals surface area contributed by atoms with Crippen molar-refractivity contribution in [3.8, 4) is 0 Å². The van der Waals surface area contributed by atoms with Crippen LogP contribution in [0.25, 0.3) is 11.0 Å². The molecule has 0 aliphatic heterocycles. The molecule has 3 heteroatoms. The van der Waals surface area contributed by atoms with Crippen molar-refractivity contribution in [1.29, 1.82) is 0 Å². The summed E-state index contributed by atoms with van der Waals surface area (Å²) in [5.74, 6) is 2.66. The van der Waals surface area contributed by atoms with Crippen LogP contribution in [-0.4, -0.2) is 15.4 Å². The first-order chi connectivity index (χ1) is 9.24. The minimum atomic E-state index is 0.646. The second-order valence-corrected chi connectivity index (χ2v) is 6.06. The van der Waals surface area contributed by atoms with E-state index in [1.165, 1.54) is 36.2 Å². The fourth-order valence-corrected chi connectivity index (χ4v) is 3.29. The molecule has 1 fully saturated rings. The number of alkyl halides is 1. The molecule has 1 aromatic heterocycles. The normalized spacial score (nSPS) is 22.1. The Balaban J connectivity index is 2.02. The molecule has 2 unspecified atom stereocenters. The first-order valence-corrected chi connectivity index (χ1v) is 7.81. The molecule has 2 nitrogen and oxygen atoms in total. The van der Waals surface area contributed by atoms with Gasteiger partial charge >= 0.3 is 0 Å². The van der Waals surface area contributed by atoms with Crippen LogP contribution >= 0.6 is 11.6 Å². The maximum absolute atomic E-state index is 5.94. The van der Waals surface area contributed by atoms with Crippen LogP contribution < -0.4 is 0 Å². The Morgan fingerprint density at radius 2 is 2.26 bits per heavy atom. The Bertz CT molecular complexity index is 588. The number of rotatable bonds is 5. The maximum Gasteiger partial charge on any atom is 0.111 e. The van der Waals surface area contributed by atoms with Crippen molar-refractivity contribution < 1.29 is 0 Å². The lowest BCUT2D eigenvalue weighted by molar-refractivity contribution is 0.600. The summed E-state index contributed by atoms with van der Waals surface area (Å²) >= 11 is 5.94. The average molecular weight is 277 g/mol. The van der Waals surface area contributed by atoms with E-state index in [4.69, 9.17) is 16.6 Å². The van der Waals surface area contributed by atoms with Crippen LogP contribution in [0.15, 0.2) is 18.2 Å². The molecule has 2 aromatic rings. The molecule has 102 valence electrons. The molecule has 0 amide bonds. The Labute approximate surface area is 119 Å². The lowest BCUT2D eigenvalue weighted by atomic mass is 10.2. The number of aromatic nitrogens is 2. The van der Waals surface area contributed by atoms with E-state index in [-0.39, 0.29) is 0 Å². The van der Waals surface area contributed by atoms with Gasteiger partial charge in [-0.05, 0) is 43.4 Å². The molecule has 0 spiro atoms. The predicted octanol–water partition coefficient (Wildman–Crippen LogP) is 4.49. The minimum Gasteiger partial charge on any atom is -0.325 e. The van der Waals surface area contributed by atoms with Crippen molar-refractivity contribution in [2.45, 2.75) is 45.6 Å². The summed E-state index contributed by atoms with van der Waals surface area (Å²) in [6.07, 6.45) is 4.78. The zero-order valence-corrected chi connectivity index (χ0v) is 12.5. The van der Waals surface area contributed by atoms with Gasteiger partial charge in [0.05, 0.1) is 11.0 Å². The lowest BCUT2D eigenvalue weighted by Crippen LogP contribution is -2.04. The highest BCUT2D eigenvalue weighted by Gasteiger charge is 2.39. The van der Waals surface area contributed by atoms with E-state index in [1.807, 2.05) is 0 Å². The Kier molecular flexibility index (Phi) is 3.53. The summed E-state index contributed by atoms with van der Waals surface area (Å²) in [4.78, 5) is 4.80. The zero-order chi connectivity index (χ0) is 13.4. The van der Waals surface area contributed by atoms with Crippen molar-refractivity contribution in [3.05, 3.63) is 29.6 Å². The SMILES string of the molecule is CCCC1CC1n1c(CCCl)nc2cc(C)ccc21. The standard InChI is InChI=1S/C16H21ClN2/c1-3-4-12-10-15(12)19-14-6-5-11(2)9-13(14)18-16(19)7-8-17/h5-6,9,12,15H,3-4,7-8,10H2,1-2H3. The summed E-state index contributed by atoms with van der Waals surface area (Å²) < 4.78 is 2.46. The molecule has 3 rings (SSSR count). The lowest BCUT2D eigenvalue weighted by Gasteiger charge is -2.08. The number of aryl methyl sites for hydroxylation is 2. The highest BCUT2D eigenvalue weighted by atomic mass is 35.5. The molecule has 0 radical (unpaired) electrons. The van der Waals surface area contributed by atoms with E-state index in [0.717, 1.165) is 17.9 Å². The number of benzene rings is 1. The average Bonchev–Trinajstić information content (AvgIpc) is 3.03. The van der Waals surface area contributed by atoms with E-state index >= 15 is 0 Å². The van der Waals surface area contributed by atoms with E-state index in [2.05, 4.69) is 36.6 Å². The van der Waals surface area contributed by atoms with Gasteiger partial charge in [-0.25, -0.2) is 4.98 Å². The van der Waals surface area contributed by atoms with Gasteiger partial charge in [0.15, 0.2) is 0 Å². The number of nitrogens with zero attached hydrogens (tertiary/aromatic N) is 2. The van der Waals surface area contributed by atoms with Crippen LogP contribution in [0, 0.1) is 12.8 Å². The van der Waals surface area contributed by atoms with Crippen LogP contribution in [0.3, 0.4) is 0 Å². The van der Waals surface area contributed by atoms with Crippen molar-refractivity contribution in [2.24, 2.45) is 5.92 Å². The number of fused-ring (bicyclic) bond motifs is 1. The Morgan fingerprint density at radius 1 is 1.42 bits per heavy atom. The molecule has 1 heterocycles. The largest absolute Gasteiger partial charge is 0.325 e. The van der Waals surface area contributed by atoms with Crippen molar-refractivity contribution >= 4 is 22.6 Å². The van der Waals surface area contributed by atoms with Crippen LogP contribution in [-0.2, 0) is 6.42 Å². The molecule has 2 atom stereocenters. The van der Waals surface area contributed by atoms with Gasteiger partial charge in [0.1, 0.15) is 5.82 Å². The first kappa shape index (κ1) is 13.0. The third kappa shape index (κ3) is 2.38. The number of hydrogen-bond donors (Lipinski definition) is 0. The molecule has 1 saturated carbocycles. The van der Waals surface area contributed by atoms with Gasteiger partial charge < -0.3 is 4.57 Å². The molecule has 19 heavy (non-hydrogen) atoms. The summed E-state index contributed by atoms with van der Waals surface area (Å²) in [5, 5.41) is 0. The summed E-state index contributed by atoms with van der Waals surface area (Å²) in [6.45, 7) is 4.39. The molecule has 1 aliphatic rings. The Hall–Kier alpha value is -1.02. The van der Waals surface area contributed by atoms with E-state index in [0.29, 0.717) is 11.9 Å². The third-order valence-electron chi connectivity index (χ3n) is 4.11. The summed E-state index contributed by atoms with van der Waals surface area (Å²) in [7, 11) is 0. The predicted molar refractivity (Wildman–Crippen MR) is 80.9 cm³/mol. The monoisotopic (exact) mass is 276 g/mol. The van der Waals surface area contributed by atoms with E-state index < -0.39 is 0 Å². The molecule has 0 bridgehead atoms. The van der Waals surface area contributed by atoms with Crippen LogP contribution in [0.4, 0.5) is 0 Å². The summed E-state index contributed by atoms with van der Waals surface area (Å²) in [6, 6.07) is 7.24.